The third-order valence-corrected chi connectivity index (χ3v) is 4.60. The van der Waals surface area contributed by atoms with Crippen molar-refractivity contribution in [1.82, 2.24) is 0 Å². The molecule has 0 bridgehead atoms. The first kappa shape index (κ1) is 15.6. The molecular weight excluding hydrogens is 308 g/mol. The summed E-state index contributed by atoms with van der Waals surface area (Å²) in [6, 6.07) is 12.0. The number of rotatable bonds is 2. The number of nitrogens with zero attached hydrogens (tertiary/aromatic N) is 1. The average molecular weight is 325 g/mol. The molecule has 3 nitrogen and oxygen atoms in total. The van der Waals surface area contributed by atoms with E-state index in [2.05, 4.69) is 11.4 Å². The molecule has 0 unspecified atom stereocenters. The number of amides is 1. The highest BCUT2D eigenvalue weighted by Crippen LogP contribution is 2.40. The lowest BCUT2D eigenvalue weighted by atomic mass is 9.81. The fourth-order valence-electron chi connectivity index (χ4n) is 3.08. The molecule has 0 fully saturated rings. The van der Waals surface area contributed by atoms with E-state index in [-0.39, 0.29) is 5.91 Å². The number of carbonyl (C=O) groups is 1. The van der Waals surface area contributed by atoms with Crippen molar-refractivity contribution in [2.75, 3.05) is 5.32 Å². The smallest absolute Gasteiger partial charge is 0.228 e. The zero-order valence-electron chi connectivity index (χ0n) is 13.3. The molecule has 0 saturated carbocycles. The summed E-state index contributed by atoms with van der Waals surface area (Å²) in [5, 5.41) is 13.0. The Bertz CT molecular complexity index is 862. The molecule has 2 aromatic carbocycles. The second kappa shape index (κ2) is 5.40. The van der Waals surface area contributed by atoms with Crippen LogP contribution < -0.4 is 5.32 Å². The fourth-order valence-corrected chi connectivity index (χ4v) is 3.36. The lowest BCUT2D eigenvalue weighted by molar-refractivity contribution is -0.115. The average Bonchev–Trinajstić information content (AvgIpc) is 2.88. The maximum Gasteiger partial charge on any atom is 0.228 e. The van der Waals surface area contributed by atoms with Crippen LogP contribution in [0.2, 0.25) is 5.02 Å². The van der Waals surface area contributed by atoms with E-state index in [1.165, 1.54) is 0 Å². The number of carbonyl (C=O) groups excluding carboxylic acids is 1. The minimum absolute atomic E-state index is 0.0111. The maximum absolute atomic E-state index is 11.7. The van der Waals surface area contributed by atoms with E-state index in [1.54, 1.807) is 0 Å². The Hall–Kier alpha value is -2.31. The summed E-state index contributed by atoms with van der Waals surface area (Å²) >= 11 is 6.47. The normalized spacial score (nSPS) is 13.4. The number of hydrogen-bond acceptors (Lipinski definition) is 2. The number of nitrogens with one attached hydrogen (secondary N) is 1. The van der Waals surface area contributed by atoms with Gasteiger partial charge in [0.05, 0.1) is 17.9 Å². The van der Waals surface area contributed by atoms with Gasteiger partial charge in [0, 0.05) is 16.3 Å². The predicted molar refractivity (Wildman–Crippen MR) is 92.6 cm³/mol. The number of fused-ring (bicyclic) bond motifs is 1. The summed E-state index contributed by atoms with van der Waals surface area (Å²) < 4.78 is 0. The zero-order valence-corrected chi connectivity index (χ0v) is 14.1. The van der Waals surface area contributed by atoms with Crippen LogP contribution in [0, 0.1) is 18.3 Å². The molecule has 4 heteroatoms. The van der Waals surface area contributed by atoms with Gasteiger partial charge in [-0.2, -0.15) is 5.26 Å². The topological polar surface area (TPSA) is 52.9 Å². The van der Waals surface area contributed by atoms with E-state index < -0.39 is 5.41 Å². The third kappa shape index (κ3) is 2.60. The van der Waals surface area contributed by atoms with Gasteiger partial charge in [-0.3, -0.25) is 4.79 Å². The summed E-state index contributed by atoms with van der Waals surface area (Å²) in [7, 11) is 0. The Morgan fingerprint density at radius 2 is 2.04 bits per heavy atom. The van der Waals surface area contributed by atoms with Crippen LogP contribution in [0.15, 0.2) is 30.3 Å². The van der Waals surface area contributed by atoms with Crippen LogP contribution >= 0.6 is 11.6 Å². The molecule has 116 valence electrons. The molecule has 0 radical (unpaired) electrons. The molecule has 0 saturated heterocycles. The SMILES string of the molecule is Cc1cc(-c2c(Cl)cccc2C(C)(C)C#N)cc2c1NC(=O)C2. The zero-order chi connectivity index (χ0) is 16.8. The molecule has 0 spiro atoms. The highest BCUT2D eigenvalue weighted by atomic mass is 35.5. The molecule has 1 amide bonds. The first-order valence-corrected chi connectivity index (χ1v) is 7.85. The molecule has 1 aliphatic rings. The van der Waals surface area contributed by atoms with Crippen LogP contribution in [0.3, 0.4) is 0 Å². The molecule has 23 heavy (non-hydrogen) atoms. The molecule has 1 heterocycles. The van der Waals surface area contributed by atoms with Crippen LogP contribution in [0.25, 0.3) is 11.1 Å². The number of halogens is 1. The van der Waals surface area contributed by atoms with Crippen molar-refractivity contribution < 1.29 is 4.79 Å². The van der Waals surface area contributed by atoms with Crippen molar-refractivity contribution in [3.8, 4) is 17.2 Å². The van der Waals surface area contributed by atoms with E-state index in [1.807, 2.05) is 51.1 Å². The molecule has 1 N–H and O–H groups in total. The van der Waals surface area contributed by atoms with Gasteiger partial charge in [-0.25, -0.2) is 0 Å². The van der Waals surface area contributed by atoms with Crippen LogP contribution in [-0.4, -0.2) is 5.91 Å². The number of benzene rings is 2. The largest absolute Gasteiger partial charge is 0.325 e. The lowest BCUT2D eigenvalue weighted by Crippen LogP contribution is -2.15. The van der Waals surface area contributed by atoms with Crippen molar-refractivity contribution in [3.05, 3.63) is 52.0 Å². The number of aryl methyl sites for hydroxylation is 1. The first-order chi connectivity index (χ1) is 10.8. The van der Waals surface area contributed by atoms with Gasteiger partial charge in [0.25, 0.3) is 0 Å². The molecule has 0 atom stereocenters. The van der Waals surface area contributed by atoms with Crippen LogP contribution in [0.4, 0.5) is 5.69 Å². The van der Waals surface area contributed by atoms with E-state index in [0.29, 0.717) is 11.4 Å². The van der Waals surface area contributed by atoms with Crippen molar-refractivity contribution in [1.29, 1.82) is 5.26 Å². The van der Waals surface area contributed by atoms with E-state index >= 15 is 0 Å². The minimum atomic E-state index is -0.652. The van der Waals surface area contributed by atoms with E-state index in [4.69, 9.17) is 11.6 Å². The van der Waals surface area contributed by atoms with Gasteiger partial charge >= 0.3 is 0 Å². The maximum atomic E-state index is 11.7. The lowest BCUT2D eigenvalue weighted by Gasteiger charge is -2.22. The van der Waals surface area contributed by atoms with Gasteiger partial charge in [-0.15, -0.1) is 0 Å². The van der Waals surface area contributed by atoms with Crippen molar-refractivity contribution in [3.63, 3.8) is 0 Å². The van der Waals surface area contributed by atoms with Crippen LogP contribution in [0.1, 0.15) is 30.5 Å². The van der Waals surface area contributed by atoms with E-state index in [0.717, 1.165) is 33.5 Å². The Morgan fingerprint density at radius 1 is 1.30 bits per heavy atom. The fraction of sp³-hybridized carbons (Fsp3) is 0.263. The molecule has 0 aliphatic carbocycles. The summed E-state index contributed by atoms with van der Waals surface area (Å²) in [5.41, 5.74) is 4.93. The standard InChI is InChI=1S/C19H17ClN2O/c1-11-7-12(8-13-9-16(23)22-18(11)13)17-14(19(2,3)10-21)5-4-6-15(17)20/h4-8H,9H2,1-3H3,(H,22,23). The monoisotopic (exact) mass is 324 g/mol. The Balaban J connectivity index is 2.25. The van der Waals surface area contributed by atoms with Gasteiger partial charge in [0.1, 0.15) is 0 Å². The molecular formula is C19H17ClN2O. The van der Waals surface area contributed by atoms with Gasteiger partial charge in [0.2, 0.25) is 5.91 Å². The Labute approximate surface area is 140 Å². The van der Waals surface area contributed by atoms with Crippen molar-refractivity contribution in [2.45, 2.75) is 32.6 Å². The van der Waals surface area contributed by atoms with E-state index in [9.17, 15) is 10.1 Å². The van der Waals surface area contributed by atoms with Crippen LogP contribution in [0.5, 0.6) is 0 Å². The molecule has 0 aromatic heterocycles. The Morgan fingerprint density at radius 3 is 2.74 bits per heavy atom. The summed E-state index contributed by atoms with van der Waals surface area (Å²) in [5.74, 6) is 0.0111. The Kier molecular flexibility index (Phi) is 3.66. The quantitative estimate of drug-likeness (QED) is 0.877. The van der Waals surface area contributed by atoms with Gasteiger partial charge in [0.15, 0.2) is 0 Å². The summed E-state index contributed by atoms with van der Waals surface area (Å²) in [6.07, 6.45) is 0.380. The first-order valence-electron chi connectivity index (χ1n) is 7.47. The second-order valence-corrected chi connectivity index (χ2v) is 6.86. The van der Waals surface area contributed by atoms with Gasteiger partial charge in [-0.05, 0) is 61.2 Å². The van der Waals surface area contributed by atoms with Gasteiger partial charge < -0.3 is 5.32 Å². The summed E-state index contributed by atoms with van der Waals surface area (Å²) in [4.78, 5) is 11.7. The summed E-state index contributed by atoms with van der Waals surface area (Å²) in [6.45, 7) is 5.74. The van der Waals surface area contributed by atoms with Crippen LogP contribution in [-0.2, 0) is 16.6 Å². The highest BCUT2D eigenvalue weighted by Gasteiger charge is 2.27. The van der Waals surface area contributed by atoms with Crippen molar-refractivity contribution in [2.24, 2.45) is 0 Å². The highest BCUT2D eigenvalue weighted by molar-refractivity contribution is 6.33. The molecule has 1 aliphatic heterocycles. The van der Waals surface area contributed by atoms with Crippen molar-refractivity contribution >= 4 is 23.2 Å². The number of nitriles is 1. The third-order valence-electron chi connectivity index (χ3n) is 4.29. The predicted octanol–water partition coefficient (Wildman–Crippen LogP) is 4.61. The van der Waals surface area contributed by atoms with Gasteiger partial charge in [-0.1, -0.05) is 23.7 Å². The minimum Gasteiger partial charge on any atom is -0.325 e. The number of anilines is 1. The molecule has 2 aromatic rings. The molecule has 3 rings (SSSR count). The number of hydrogen-bond donors (Lipinski definition) is 1. The second-order valence-electron chi connectivity index (χ2n) is 6.45.